The van der Waals surface area contributed by atoms with Gasteiger partial charge in [0.15, 0.2) is 0 Å². The van der Waals surface area contributed by atoms with Crippen LogP contribution in [0.5, 0.6) is 0 Å². The number of rotatable bonds is 3. The average Bonchev–Trinajstić information content (AvgIpc) is 2.41. The van der Waals surface area contributed by atoms with Gasteiger partial charge in [-0.1, -0.05) is 11.6 Å². The molecule has 0 saturated heterocycles. The summed E-state index contributed by atoms with van der Waals surface area (Å²) in [5, 5.41) is 11.4. The van der Waals surface area contributed by atoms with Crippen LogP contribution in [0, 0.1) is 5.82 Å². The highest BCUT2D eigenvalue weighted by molar-refractivity contribution is 9.10. The first-order valence-corrected chi connectivity index (χ1v) is 6.85. The number of carboxylic acid groups (broad SMARTS) is 1. The van der Waals surface area contributed by atoms with Crippen molar-refractivity contribution in [1.82, 2.24) is 0 Å². The highest BCUT2D eigenvalue weighted by atomic mass is 79.9. The predicted molar refractivity (Wildman–Crippen MR) is 80.5 cm³/mol. The summed E-state index contributed by atoms with van der Waals surface area (Å²) in [6, 6.07) is 7.90. The van der Waals surface area contributed by atoms with E-state index in [-0.39, 0.29) is 20.6 Å². The number of amides is 1. The number of hydrogen-bond acceptors (Lipinski definition) is 2. The highest BCUT2D eigenvalue weighted by Gasteiger charge is 2.12. The van der Waals surface area contributed by atoms with E-state index in [1.807, 2.05) is 0 Å². The fourth-order valence-electron chi connectivity index (χ4n) is 1.61. The molecule has 2 N–H and O–H groups in total. The molecule has 4 nitrogen and oxygen atoms in total. The first-order chi connectivity index (χ1) is 9.88. The summed E-state index contributed by atoms with van der Waals surface area (Å²) < 4.78 is 13.3. The summed E-state index contributed by atoms with van der Waals surface area (Å²) in [5.41, 5.74) is 0.538. The lowest BCUT2D eigenvalue weighted by molar-refractivity contribution is 0.0697. The lowest BCUT2D eigenvalue weighted by Crippen LogP contribution is -2.12. The van der Waals surface area contributed by atoms with Crippen molar-refractivity contribution in [3.05, 3.63) is 62.8 Å². The quantitative estimate of drug-likeness (QED) is 0.849. The molecule has 2 rings (SSSR count). The third-order valence-corrected chi connectivity index (χ3v) is 3.56. The summed E-state index contributed by atoms with van der Waals surface area (Å²) in [6.45, 7) is 0. The minimum absolute atomic E-state index is 0.0144. The Bertz CT molecular complexity index is 736. The first kappa shape index (κ1) is 15.5. The van der Waals surface area contributed by atoms with Crippen LogP contribution in [0.4, 0.5) is 10.1 Å². The molecule has 0 aromatic heterocycles. The molecule has 21 heavy (non-hydrogen) atoms. The van der Waals surface area contributed by atoms with Crippen LogP contribution in [-0.2, 0) is 0 Å². The van der Waals surface area contributed by atoms with Crippen LogP contribution in [0.15, 0.2) is 40.9 Å². The van der Waals surface area contributed by atoms with Crippen LogP contribution in [0.3, 0.4) is 0 Å². The maximum absolute atomic E-state index is 13.1. The number of halogens is 3. The van der Waals surface area contributed by atoms with Gasteiger partial charge in [-0.05, 0) is 52.3 Å². The second kappa shape index (κ2) is 6.24. The fourth-order valence-corrected chi connectivity index (χ4v) is 2.25. The zero-order chi connectivity index (χ0) is 15.6. The van der Waals surface area contributed by atoms with Crippen molar-refractivity contribution in [2.75, 3.05) is 5.32 Å². The van der Waals surface area contributed by atoms with Gasteiger partial charge in [-0.2, -0.15) is 0 Å². The summed E-state index contributed by atoms with van der Waals surface area (Å²) in [7, 11) is 0. The van der Waals surface area contributed by atoms with E-state index in [0.717, 1.165) is 0 Å². The van der Waals surface area contributed by atoms with Crippen LogP contribution in [0.1, 0.15) is 20.7 Å². The number of anilines is 1. The van der Waals surface area contributed by atoms with Gasteiger partial charge in [-0.3, -0.25) is 4.79 Å². The van der Waals surface area contributed by atoms with Crippen LogP contribution in [0.2, 0.25) is 5.02 Å². The maximum atomic E-state index is 13.1. The van der Waals surface area contributed by atoms with Crippen molar-refractivity contribution >= 4 is 45.1 Å². The molecule has 0 heterocycles. The van der Waals surface area contributed by atoms with E-state index in [4.69, 9.17) is 16.7 Å². The van der Waals surface area contributed by atoms with Crippen LogP contribution in [-0.4, -0.2) is 17.0 Å². The SMILES string of the molecule is O=C(Nc1ccc(C(=O)O)c(Cl)c1)c1ccc(F)c(Br)c1. The minimum Gasteiger partial charge on any atom is -0.478 e. The average molecular weight is 373 g/mol. The lowest BCUT2D eigenvalue weighted by Gasteiger charge is -2.07. The number of carboxylic acids is 1. The van der Waals surface area contributed by atoms with Crippen molar-refractivity contribution in [2.45, 2.75) is 0 Å². The zero-order valence-corrected chi connectivity index (χ0v) is 12.7. The topological polar surface area (TPSA) is 66.4 Å². The zero-order valence-electron chi connectivity index (χ0n) is 10.4. The number of hydrogen-bond donors (Lipinski definition) is 2. The standard InChI is InChI=1S/C14H8BrClFNO3/c15-10-5-7(1-4-12(10)17)13(19)18-8-2-3-9(14(20)21)11(16)6-8/h1-6H,(H,18,19)(H,20,21). The molecule has 1 amide bonds. The van der Waals surface area contributed by atoms with E-state index in [0.29, 0.717) is 5.69 Å². The maximum Gasteiger partial charge on any atom is 0.337 e. The Hall–Kier alpha value is -1.92. The van der Waals surface area contributed by atoms with Crippen molar-refractivity contribution in [3.63, 3.8) is 0 Å². The molecular formula is C14H8BrClFNO3. The van der Waals surface area contributed by atoms with Gasteiger partial charge in [0, 0.05) is 11.3 Å². The Kier molecular flexibility index (Phi) is 4.59. The number of carbonyl (C=O) groups excluding carboxylic acids is 1. The number of aromatic carboxylic acids is 1. The number of nitrogens with one attached hydrogen (secondary N) is 1. The third-order valence-electron chi connectivity index (χ3n) is 2.64. The van der Waals surface area contributed by atoms with Gasteiger partial charge in [0.2, 0.25) is 0 Å². The van der Waals surface area contributed by atoms with Crippen LogP contribution < -0.4 is 5.32 Å². The van der Waals surface area contributed by atoms with Gasteiger partial charge in [-0.15, -0.1) is 0 Å². The second-order valence-corrected chi connectivity index (χ2v) is 5.34. The molecule has 2 aromatic rings. The molecule has 0 aliphatic rings. The van der Waals surface area contributed by atoms with Crippen molar-refractivity contribution < 1.29 is 19.1 Å². The molecule has 0 radical (unpaired) electrons. The largest absolute Gasteiger partial charge is 0.478 e. The predicted octanol–water partition coefficient (Wildman–Crippen LogP) is 4.19. The Morgan fingerprint density at radius 1 is 1.19 bits per heavy atom. The van der Waals surface area contributed by atoms with Crippen molar-refractivity contribution in [1.29, 1.82) is 0 Å². The molecule has 2 aromatic carbocycles. The molecule has 0 spiro atoms. The number of carbonyl (C=O) groups is 2. The Morgan fingerprint density at radius 3 is 2.48 bits per heavy atom. The summed E-state index contributed by atoms with van der Waals surface area (Å²) in [5.74, 6) is -2.09. The van der Waals surface area contributed by atoms with E-state index in [2.05, 4.69) is 21.2 Å². The molecule has 0 unspecified atom stereocenters. The molecular weight excluding hydrogens is 365 g/mol. The summed E-state index contributed by atoms with van der Waals surface area (Å²) in [6.07, 6.45) is 0. The van der Waals surface area contributed by atoms with E-state index >= 15 is 0 Å². The van der Waals surface area contributed by atoms with Crippen LogP contribution >= 0.6 is 27.5 Å². The van der Waals surface area contributed by atoms with Gasteiger partial charge >= 0.3 is 5.97 Å². The van der Waals surface area contributed by atoms with Gasteiger partial charge < -0.3 is 10.4 Å². The van der Waals surface area contributed by atoms with Crippen molar-refractivity contribution in [3.8, 4) is 0 Å². The van der Waals surface area contributed by atoms with E-state index in [1.165, 1.54) is 36.4 Å². The molecule has 0 fully saturated rings. The fraction of sp³-hybridized carbons (Fsp3) is 0. The third kappa shape index (κ3) is 3.59. The van der Waals surface area contributed by atoms with Gasteiger partial charge in [-0.25, -0.2) is 9.18 Å². The van der Waals surface area contributed by atoms with E-state index < -0.39 is 17.7 Å². The highest BCUT2D eigenvalue weighted by Crippen LogP contribution is 2.22. The molecule has 0 aliphatic heterocycles. The second-order valence-electron chi connectivity index (χ2n) is 4.08. The van der Waals surface area contributed by atoms with E-state index in [9.17, 15) is 14.0 Å². The summed E-state index contributed by atoms with van der Waals surface area (Å²) >= 11 is 8.81. The Labute approximate surface area is 132 Å². The number of benzene rings is 2. The monoisotopic (exact) mass is 371 g/mol. The minimum atomic E-state index is -1.15. The van der Waals surface area contributed by atoms with Gasteiger partial charge in [0.25, 0.3) is 5.91 Å². The molecule has 7 heteroatoms. The summed E-state index contributed by atoms with van der Waals surface area (Å²) in [4.78, 5) is 22.8. The van der Waals surface area contributed by atoms with Crippen LogP contribution in [0.25, 0.3) is 0 Å². The smallest absolute Gasteiger partial charge is 0.337 e. The molecule has 0 bridgehead atoms. The van der Waals surface area contributed by atoms with Gasteiger partial charge in [0.1, 0.15) is 5.82 Å². The lowest BCUT2D eigenvalue weighted by atomic mass is 10.2. The molecule has 0 aliphatic carbocycles. The molecule has 0 saturated carbocycles. The molecule has 108 valence electrons. The Morgan fingerprint density at radius 2 is 1.90 bits per heavy atom. The van der Waals surface area contributed by atoms with Crippen molar-refractivity contribution in [2.24, 2.45) is 0 Å². The first-order valence-electron chi connectivity index (χ1n) is 5.67. The normalized spacial score (nSPS) is 10.2. The van der Waals surface area contributed by atoms with Gasteiger partial charge in [0.05, 0.1) is 15.1 Å². The molecule has 0 atom stereocenters. The Balaban J connectivity index is 2.21. The van der Waals surface area contributed by atoms with E-state index in [1.54, 1.807) is 0 Å².